The predicted octanol–water partition coefficient (Wildman–Crippen LogP) is 4.10. The Bertz CT molecular complexity index is 675. The number of unbranched alkanes of at least 4 members (excludes halogenated alkanes) is 2. The van der Waals surface area contributed by atoms with Crippen LogP contribution in [-0.2, 0) is 0 Å². The molecule has 2 rings (SSSR count). The van der Waals surface area contributed by atoms with Crippen molar-refractivity contribution in [3.05, 3.63) is 46.7 Å². The lowest BCUT2D eigenvalue weighted by atomic mass is 10.2. The maximum absolute atomic E-state index is 12.2. The van der Waals surface area contributed by atoms with E-state index in [9.17, 15) is 4.79 Å². The zero-order chi connectivity index (χ0) is 16.7. The van der Waals surface area contributed by atoms with Crippen molar-refractivity contribution < 1.29 is 4.79 Å². The minimum Gasteiger partial charge on any atom is -0.351 e. The van der Waals surface area contributed by atoms with Gasteiger partial charge in [-0.1, -0.05) is 37.4 Å². The van der Waals surface area contributed by atoms with Gasteiger partial charge in [0.25, 0.3) is 5.91 Å². The highest BCUT2D eigenvalue weighted by molar-refractivity contribution is 6.30. The molecule has 0 aliphatic rings. The second-order valence-corrected chi connectivity index (χ2v) is 5.75. The van der Waals surface area contributed by atoms with Crippen molar-refractivity contribution in [3.63, 3.8) is 0 Å². The highest BCUT2D eigenvalue weighted by Crippen LogP contribution is 2.18. The molecule has 0 atom stereocenters. The summed E-state index contributed by atoms with van der Waals surface area (Å²) in [6.45, 7) is 4.62. The fourth-order valence-electron chi connectivity index (χ4n) is 2.10. The first-order chi connectivity index (χ1) is 11.1. The molecule has 0 fully saturated rings. The first-order valence-electron chi connectivity index (χ1n) is 7.75. The van der Waals surface area contributed by atoms with Gasteiger partial charge in [0, 0.05) is 22.9 Å². The Morgan fingerprint density at radius 1 is 1.22 bits per heavy atom. The van der Waals surface area contributed by atoms with Gasteiger partial charge in [0.1, 0.15) is 5.69 Å². The molecule has 2 N–H and O–H groups in total. The molecule has 0 aliphatic heterocycles. The second-order valence-electron chi connectivity index (χ2n) is 5.32. The first kappa shape index (κ1) is 17.2. The van der Waals surface area contributed by atoms with Crippen LogP contribution in [0.25, 0.3) is 0 Å². The van der Waals surface area contributed by atoms with E-state index in [1.54, 1.807) is 18.2 Å². The molecule has 6 heteroatoms. The molecule has 5 nitrogen and oxygen atoms in total. The van der Waals surface area contributed by atoms with Gasteiger partial charge in [-0.05, 0) is 37.6 Å². The fraction of sp³-hybridized carbons (Fsp3) is 0.353. The third-order valence-electron chi connectivity index (χ3n) is 3.23. The molecule has 1 heterocycles. The maximum Gasteiger partial charge on any atom is 0.270 e. The minimum atomic E-state index is -0.180. The molecule has 0 spiro atoms. The Kier molecular flexibility index (Phi) is 6.35. The standard InChI is InChI=1S/C17H21ClN4O/c1-3-4-5-9-19-16(23)15-10-12(2)20-17(22-15)21-14-8-6-7-13(18)11-14/h6-8,10-11H,3-5,9H2,1-2H3,(H,19,23)(H,20,21,22). The van der Waals surface area contributed by atoms with Crippen LogP contribution in [0.3, 0.4) is 0 Å². The molecule has 0 radical (unpaired) electrons. The van der Waals surface area contributed by atoms with Crippen molar-refractivity contribution in [2.24, 2.45) is 0 Å². The molecule has 1 aromatic heterocycles. The highest BCUT2D eigenvalue weighted by Gasteiger charge is 2.10. The minimum absolute atomic E-state index is 0.180. The average Bonchev–Trinajstić information content (AvgIpc) is 2.51. The molecule has 0 unspecified atom stereocenters. The van der Waals surface area contributed by atoms with Crippen LogP contribution in [0.15, 0.2) is 30.3 Å². The summed E-state index contributed by atoms with van der Waals surface area (Å²) < 4.78 is 0. The summed E-state index contributed by atoms with van der Waals surface area (Å²) in [6, 6.07) is 8.94. The predicted molar refractivity (Wildman–Crippen MR) is 93.4 cm³/mol. The van der Waals surface area contributed by atoms with Gasteiger partial charge >= 0.3 is 0 Å². The lowest BCUT2D eigenvalue weighted by molar-refractivity contribution is 0.0948. The van der Waals surface area contributed by atoms with E-state index in [1.165, 1.54) is 0 Å². The number of anilines is 2. The van der Waals surface area contributed by atoms with E-state index in [4.69, 9.17) is 11.6 Å². The van der Waals surface area contributed by atoms with Gasteiger partial charge in [-0.2, -0.15) is 0 Å². The molecule has 2 aromatic rings. The number of amides is 1. The first-order valence-corrected chi connectivity index (χ1v) is 8.12. The second kappa shape index (κ2) is 8.48. The number of hydrogen-bond donors (Lipinski definition) is 2. The normalized spacial score (nSPS) is 10.4. The summed E-state index contributed by atoms with van der Waals surface area (Å²) in [4.78, 5) is 20.8. The Balaban J connectivity index is 2.07. The van der Waals surface area contributed by atoms with Gasteiger partial charge in [0.2, 0.25) is 5.95 Å². The van der Waals surface area contributed by atoms with E-state index in [0.29, 0.717) is 23.2 Å². The third-order valence-corrected chi connectivity index (χ3v) is 3.47. The number of aromatic nitrogens is 2. The molecule has 0 saturated carbocycles. The lowest BCUT2D eigenvalue weighted by Crippen LogP contribution is -2.25. The maximum atomic E-state index is 12.2. The van der Waals surface area contributed by atoms with Crippen LogP contribution in [0, 0.1) is 6.92 Å². The molecular weight excluding hydrogens is 312 g/mol. The van der Waals surface area contributed by atoms with Crippen molar-refractivity contribution in [3.8, 4) is 0 Å². The summed E-state index contributed by atoms with van der Waals surface area (Å²) in [5, 5.41) is 6.58. The molecule has 0 aliphatic carbocycles. The van der Waals surface area contributed by atoms with Gasteiger partial charge in [0.05, 0.1) is 0 Å². The van der Waals surface area contributed by atoms with Crippen LogP contribution in [0.1, 0.15) is 42.4 Å². The fourth-order valence-corrected chi connectivity index (χ4v) is 2.29. The van der Waals surface area contributed by atoms with Crippen LogP contribution in [0.4, 0.5) is 11.6 Å². The summed E-state index contributed by atoms with van der Waals surface area (Å²) in [6.07, 6.45) is 3.20. The summed E-state index contributed by atoms with van der Waals surface area (Å²) in [5.74, 6) is 0.201. The topological polar surface area (TPSA) is 66.9 Å². The van der Waals surface area contributed by atoms with Crippen LogP contribution >= 0.6 is 11.6 Å². The van der Waals surface area contributed by atoms with Crippen molar-refractivity contribution in [2.45, 2.75) is 33.1 Å². The Morgan fingerprint density at radius 2 is 2.04 bits per heavy atom. The number of aryl methyl sites for hydroxylation is 1. The molecule has 0 bridgehead atoms. The number of carbonyl (C=O) groups excluding carboxylic acids is 1. The molecule has 0 saturated heterocycles. The van der Waals surface area contributed by atoms with E-state index in [1.807, 2.05) is 19.1 Å². The number of nitrogens with zero attached hydrogens (tertiary/aromatic N) is 2. The number of halogens is 1. The molecule has 23 heavy (non-hydrogen) atoms. The van der Waals surface area contributed by atoms with Crippen molar-refractivity contribution >= 4 is 29.1 Å². The smallest absolute Gasteiger partial charge is 0.270 e. The highest BCUT2D eigenvalue weighted by atomic mass is 35.5. The van der Waals surface area contributed by atoms with Gasteiger partial charge in [-0.3, -0.25) is 4.79 Å². The Morgan fingerprint density at radius 3 is 2.78 bits per heavy atom. The molecule has 1 aromatic carbocycles. The number of nitrogens with one attached hydrogen (secondary N) is 2. The number of carbonyl (C=O) groups is 1. The number of hydrogen-bond acceptors (Lipinski definition) is 4. The largest absolute Gasteiger partial charge is 0.351 e. The van der Waals surface area contributed by atoms with Crippen LogP contribution in [-0.4, -0.2) is 22.4 Å². The van der Waals surface area contributed by atoms with Gasteiger partial charge in [0.15, 0.2) is 0 Å². The molecular formula is C17H21ClN4O. The van der Waals surface area contributed by atoms with Crippen molar-refractivity contribution in [1.29, 1.82) is 0 Å². The van der Waals surface area contributed by atoms with E-state index in [-0.39, 0.29) is 5.91 Å². The van der Waals surface area contributed by atoms with E-state index in [2.05, 4.69) is 27.5 Å². The number of benzene rings is 1. The zero-order valence-electron chi connectivity index (χ0n) is 13.4. The van der Waals surface area contributed by atoms with E-state index < -0.39 is 0 Å². The van der Waals surface area contributed by atoms with Gasteiger partial charge in [-0.15, -0.1) is 0 Å². The SMILES string of the molecule is CCCCCNC(=O)c1cc(C)nc(Nc2cccc(Cl)c2)n1. The number of rotatable bonds is 7. The van der Waals surface area contributed by atoms with E-state index in [0.717, 1.165) is 30.6 Å². The summed E-state index contributed by atoms with van der Waals surface area (Å²) in [5.41, 5.74) is 1.86. The lowest BCUT2D eigenvalue weighted by Gasteiger charge is -2.09. The average molecular weight is 333 g/mol. The summed E-state index contributed by atoms with van der Waals surface area (Å²) >= 11 is 5.96. The Labute approximate surface area is 141 Å². The van der Waals surface area contributed by atoms with E-state index >= 15 is 0 Å². The molecule has 1 amide bonds. The monoisotopic (exact) mass is 332 g/mol. The van der Waals surface area contributed by atoms with Crippen LogP contribution in [0.2, 0.25) is 5.02 Å². The van der Waals surface area contributed by atoms with Gasteiger partial charge < -0.3 is 10.6 Å². The van der Waals surface area contributed by atoms with Crippen LogP contribution < -0.4 is 10.6 Å². The third kappa shape index (κ3) is 5.53. The molecule has 122 valence electrons. The van der Waals surface area contributed by atoms with Crippen LogP contribution in [0.5, 0.6) is 0 Å². The van der Waals surface area contributed by atoms with Gasteiger partial charge in [-0.25, -0.2) is 9.97 Å². The summed E-state index contributed by atoms with van der Waals surface area (Å²) in [7, 11) is 0. The zero-order valence-corrected chi connectivity index (χ0v) is 14.2. The van der Waals surface area contributed by atoms with Crippen molar-refractivity contribution in [2.75, 3.05) is 11.9 Å². The van der Waals surface area contributed by atoms with Crippen molar-refractivity contribution in [1.82, 2.24) is 15.3 Å². The Hall–Kier alpha value is -2.14. The quantitative estimate of drug-likeness (QED) is 0.749.